The average molecular weight is 249 g/mol. The number of para-hydroxylation sites is 1. The van der Waals surface area contributed by atoms with Crippen molar-refractivity contribution in [2.24, 2.45) is 0 Å². The van der Waals surface area contributed by atoms with Gasteiger partial charge >= 0.3 is 0 Å². The second-order valence-electron chi connectivity index (χ2n) is 4.21. The average Bonchev–Trinajstić information content (AvgIpc) is 2.85. The van der Waals surface area contributed by atoms with E-state index < -0.39 is 0 Å². The van der Waals surface area contributed by atoms with Gasteiger partial charge in [-0.15, -0.1) is 6.58 Å². The van der Waals surface area contributed by atoms with Crippen LogP contribution in [0.5, 0.6) is 11.5 Å². The molecule has 0 spiro atoms. The van der Waals surface area contributed by atoms with Crippen molar-refractivity contribution in [1.29, 1.82) is 0 Å². The standard InChI is InChI=1S/C14H19NO3/c1-3-7-16-11(2)8-15-9-12-5-4-6-13-14(12)18-10-17-13/h3-6,11,15H,1,7-10H2,2H3. The van der Waals surface area contributed by atoms with Gasteiger partial charge in [0.2, 0.25) is 6.79 Å². The summed E-state index contributed by atoms with van der Waals surface area (Å²) in [6.45, 7) is 8.09. The summed E-state index contributed by atoms with van der Waals surface area (Å²) in [5.41, 5.74) is 1.11. The molecule has 4 heteroatoms. The van der Waals surface area contributed by atoms with E-state index in [9.17, 15) is 0 Å². The number of hydrogen-bond acceptors (Lipinski definition) is 4. The van der Waals surface area contributed by atoms with Gasteiger partial charge in [0.1, 0.15) is 0 Å². The topological polar surface area (TPSA) is 39.7 Å². The summed E-state index contributed by atoms with van der Waals surface area (Å²) in [5, 5.41) is 3.35. The molecule has 0 aliphatic carbocycles. The van der Waals surface area contributed by atoms with Crippen LogP contribution < -0.4 is 14.8 Å². The van der Waals surface area contributed by atoms with Crippen LogP contribution in [0.15, 0.2) is 30.9 Å². The Kier molecular flexibility index (Phi) is 4.61. The Morgan fingerprint density at radius 1 is 1.50 bits per heavy atom. The molecule has 1 N–H and O–H groups in total. The second-order valence-corrected chi connectivity index (χ2v) is 4.21. The lowest BCUT2D eigenvalue weighted by Crippen LogP contribution is -2.26. The molecule has 18 heavy (non-hydrogen) atoms. The normalized spacial score (nSPS) is 14.5. The Morgan fingerprint density at radius 2 is 2.39 bits per heavy atom. The van der Waals surface area contributed by atoms with Crippen LogP contribution in [0.2, 0.25) is 0 Å². The molecular formula is C14H19NO3. The van der Waals surface area contributed by atoms with Gasteiger partial charge < -0.3 is 19.5 Å². The van der Waals surface area contributed by atoms with Crippen LogP contribution in [0.4, 0.5) is 0 Å². The van der Waals surface area contributed by atoms with Crippen molar-refractivity contribution in [3.05, 3.63) is 36.4 Å². The van der Waals surface area contributed by atoms with Crippen molar-refractivity contribution in [3.63, 3.8) is 0 Å². The lowest BCUT2D eigenvalue weighted by Gasteiger charge is -2.13. The number of ether oxygens (including phenoxy) is 3. The molecule has 0 saturated heterocycles. The molecule has 1 aromatic rings. The number of rotatable bonds is 7. The zero-order chi connectivity index (χ0) is 12.8. The summed E-state index contributed by atoms with van der Waals surface area (Å²) >= 11 is 0. The first-order valence-corrected chi connectivity index (χ1v) is 6.12. The Hall–Kier alpha value is -1.52. The highest BCUT2D eigenvalue weighted by Crippen LogP contribution is 2.35. The fraction of sp³-hybridized carbons (Fsp3) is 0.429. The number of nitrogens with one attached hydrogen (secondary N) is 1. The van der Waals surface area contributed by atoms with E-state index in [2.05, 4.69) is 11.9 Å². The fourth-order valence-corrected chi connectivity index (χ4v) is 1.83. The predicted molar refractivity (Wildman–Crippen MR) is 69.9 cm³/mol. The lowest BCUT2D eigenvalue weighted by molar-refractivity contribution is 0.0877. The molecule has 1 aliphatic heterocycles. The van der Waals surface area contributed by atoms with Gasteiger partial charge in [-0.05, 0) is 13.0 Å². The molecule has 0 aromatic heterocycles. The van der Waals surface area contributed by atoms with Crippen molar-refractivity contribution in [2.45, 2.75) is 19.6 Å². The van der Waals surface area contributed by atoms with Crippen LogP contribution in [0.3, 0.4) is 0 Å². The zero-order valence-corrected chi connectivity index (χ0v) is 10.6. The summed E-state index contributed by atoms with van der Waals surface area (Å²) in [4.78, 5) is 0. The van der Waals surface area contributed by atoms with Gasteiger partial charge in [-0.3, -0.25) is 0 Å². The van der Waals surface area contributed by atoms with E-state index in [1.165, 1.54) is 0 Å². The van der Waals surface area contributed by atoms with E-state index in [0.29, 0.717) is 13.4 Å². The molecule has 0 amide bonds. The third kappa shape index (κ3) is 3.24. The monoisotopic (exact) mass is 249 g/mol. The van der Waals surface area contributed by atoms with Gasteiger partial charge in [-0.25, -0.2) is 0 Å². The molecule has 0 fully saturated rings. The van der Waals surface area contributed by atoms with Gasteiger partial charge in [-0.2, -0.15) is 0 Å². The number of benzene rings is 1. The summed E-state index contributed by atoms with van der Waals surface area (Å²) in [6.07, 6.45) is 1.92. The maximum atomic E-state index is 5.49. The van der Waals surface area contributed by atoms with Crippen molar-refractivity contribution in [2.75, 3.05) is 19.9 Å². The molecule has 1 atom stereocenters. The van der Waals surface area contributed by atoms with Crippen LogP contribution in [-0.2, 0) is 11.3 Å². The lowest BCUT2D eigenvalue weighted by atomic mass is 10.2. The van der Waals surface area contributed by atoms with Crippen molar-refractivity contribution in [1.82, 2.24) is 5.32 Å². The highest BCUT2D eigenvalue weighted by atomic mass is 16.7. The minimum absolute atomic E-state index is 0.164. The zero-order valence-electron chi connectivity index (χ0n) is 10.6. The highest BCUT2D eigenvalue weighted by molar-refractivity contribution is 5.48. The first-order valence-electron chi connectivity index (χ1n) is 6.12. The van der Waals surface area contributed by atoms with Crippen molar-refractivity contribution in [3.8, 4) is 11.5 Å². The van der Waals surface area contributed by atoms with E-state index in [1.807, 2.05) is 25.1 Å². The maximum absolute atomic E-state index is 5.49. The molecule has 1 heterocycles. The first kappa shape index (κ1) is 12.9. The van der Waals surface area contributed by atoms with E-state index in [4.69, 9.17) is 14.2 Å². The molecule has 0 bridgehead atoms. The Labute approximate surface area is 108 Å². The number of hydrogen-bond donors (Lipinski definition) is 1. The fourth-order valence-electron chi connectivity index (χ4n) is 1.83. The van der Waals surface area contributed by atoms with Crippen LogP contribution >= 0.6 is 0 Å². The third-order valence-corrected chi connectivity index (χ3v) is 2.72. The largest absolute Gasteiger partial charge is 0.454 e. The summed E-state index contributed by atoms with van der Waals surface area (Å²) in [6, 6.07) is 5.93. The van der Waals surface area contributed by atoms with E-state index in [0.717, 1.165) is 30.2 Å². The number of fused-ring (bicyclic) bond motifs is 1. The van der Waals surface area contributed by atoms with Crippen LogP contribution in [0.1, 0.15) is 12.5 Å². The minimum Gasteiger partial charge on any atom is -0.454 e. The maximum Gasteiger partial charge on any atom is 0.231 e. The summed E-state index contributed by atoms with van der Waals surface area (Å²) < 4.78 is 16.3. The summed E-state index contributed by atoms with van der Waals surface area (Å²) in [5.74, 6) is 1.68. The highest BCUT2D eigenvalue weighted by Gasteiger charge is 2.16. The van der Waals surface area contributed by atoms with Gasteiger partial charge in [-0.1, -0.05) is 18.2 Å². The molecule has 1 aliphatic rings. The van der Waals surface area contributed by atoms with Crippen molar-refractivity contribution < 1.29 is 14.2 Å². The van der Waals surface area contributed by atoms with Gasteiger partial charge in [0.15, 0.2) is 11.5 Å². The molecule has 0 saturated carbocycles. The molecule has 98 valence electrons. The molecule has 1 unspecified atom stereocenters. The van der Waals surface area contributed by atoms with E-state index in [-0.39, 0.29) is 6.10 Å². The Balaban J connectivity index is 1.80. The van der Waals surface area contributed by atoms with E-state index in [1.54, 1.807) is 6.08 Å². The van der Waals surface area contributed by atoms with Gasteiger partial charge in [0, 0.05) is 18.7 Å². The Bertz CT molecular complexity index is 406. The van der Waals surface area contributed by atoms with Crippen LogP contribution in [-0.4, -0.2) is 26.0 Å². The van der Waals surface area contributed by atoms with Crippen LogP contribution in [0, 0.1) is 0 Å². The van der Waals surface area contributed by atoms with E-state index >= 15 is 0 Å². The van der Waals surface area contributed by atoms with Crippen molar-refractivity contribution >= 4 is 0 Å². The minimum atomic E-state index is 0.164. The van der Waals surface area contributed by atoms with Gasteiger partial charge in [0.25, 0.3) is 0 Å². The molecule has 4 nitrogen and oxygen atoms in total. The SMILES string of the molecule is C=CCOC(C)CNCc1cccc2c1OCO2. The smallest absolute Gasteiger partial charge is 0.231 e. The molecule has 2 rings (SSSR count). The Morgan fingerprint density at radius 3 is 3.22 bits per heavy atom. The summed E-state index contributed by atoms with van der Waals surface area (Å²) in [7, 11) is 0. The third-order valence-electron chi connectivity index (χ3n) is 2.72. The van der Waals surface area contributed by atoms with Gasteiger partial charge in [0.05, 0.1) is 12.7 Å². The molecular weight excluding hydrogens is 230 g/mol. The molecule has 1 aromatic carbocycles. The quantitative estimate of drug-likeness (QED) is 0.751. The second kappa shape index (κ2) is 6.42. The molecule has 0 radical (unpaired) electrons. The first-order chi connectivity index (χ1) is 8.81. The van der Waals surface area contributed by atoms with Crippen LogP contribution in [0.25, 0.3) is 0 Å². The predicted octanol–water partition coefficient (Wildman–Crippen LogP) is 2.10.